The van der Waals surface area contributed by atoms with E-state index in [4.69, 9.17) is 4.74 Å². The van der Waals surface area contributed by atoms with Crippen molar-refractivity contribution in [1.82, 2.24) is 10.2 Å². The van der Waals surface area contributed by atoms with E-state index in [2.05, 4.69) is 32.2 Å². The lowest BCUT2D eigenvalue weighted by Gasteiger charge is -2.39. The molecule has 0 aliphatic carbocycles. The summed E-state index contributed by atoms with van der Waals surface area (Å²) in [7, 11) is 1.64. The summed E-state index contributed by atoms with van der Waals surface area (Å²) < 4.78 is 6.75. The molecular weight excluding hydrogens is 308 g/mol. The summed E-state index contributed by atoms with van der Waals surface area (Å²) in [5.74, 6) is -0.0654. The van der Waals surface area contributed by atoms with Gasteiger partial charge in [-0.1, -0.05) is 34.1 Å². The van der Waals surface area contributed by atoms with Crippen molar-refractivity contribution in [3.63, 3.8) is 0 Å². The number of rotatable bonds is 3. The van der Waals surface area contributed by atoms with Crippen molar-refractivity contribution in [1.29, 1.82) is 0 Å². The molecule has 1 N–H and O–H groups in total. The van der Waals surface area contributed by atoms with Gasteiger partial charge in [-0.3, -0.25) is 9.69 Å². The van der Waals surface area contributed by atoms with Gasteiger partial charge in [-0.25, -0.2) is 0 Å². The molecule has 1 heterocycles. The molecule has 0 saturated carbocycles. The number of hydrogen-bond donors (Lipinski definition) is 1. The summed E-state index contributed by atoms with van der Waals surface area (Å²) in [5.41, 5.74) is 0.470. The maximum Gasteiger partial charge on any atom is 0.253 e. The van der Waals surface area contributed by atoms with E-state index >= 15 is 0 Å². The van der Waals surface area contributed by atoms with Crippen LogP contribution < -0.4 is 5.32 Å². The number of nitrogens with zero attached hydrogens (tertiary/aromatic N) is 1. The van der Waals surface area contributed by atoms with Gasteiger partial charge in [0.25, 0.3) is 5.91 Å². The molecule has 2 rings (SSSR count). The Morgan fingerprint density at radius 2 is 2.26 bits per heavy atom. The van der Waals surface area contributed by atoms with Crippen LogP contribution in [-0.4, -0.2) is 43.2 Å². The third kappa shape index (κ3) is 3.35. The highest BCUT2D eigenvalue weighted by Crippen LogP contribution is 2.22. The predicted molar refractivity (Wildman–Crippen MR) is 77.8 cm³/mol. The average molecular weight is 327 g/mol. The summed E-state index contributed by atoms with van der Waals surface area (Å²) in [6, 6.07) is 8.16. The second-order valence-corrected chi connectivity index (χ2v) is 5.81. The van der Waals surface area contributed by atoms with Gasteiger partial charge in [0, 0.05) is 31.2 Å². The van der Waals surface area contributed by atoms with Crippen LogP contribution >= 0.6 is 15.9 Å². The molecule has 5 heteroatoms. The molecule has 0 unspecified atom stereocenters. The Bertz CT molecular complexity index is 467. The Balaban J connectivity index is 2.06. The fraction of sp³-hybridized carbons (Fsp3) is 0.500. The summed E-state index contributed by atoms with van der Waals surface area (Å²) in [4.78, 5) is 14.1. The number of ether oxygens (including phenoxy) is 1. The zero-order valence-corrected chi connectivity index (χ0v) is 12.9. The maximum atomic E-state index is 11.9. The molecule has 1 saturated heterocycles. The maximum absolute atomic E-state index is 11.9. The normalized spacial score (nSPS) is 24.2. The second-order valence-electron chi connectivity index (χ2n) is 4.96. The molecule has 1 aliphatic rings. The molecule has 19 heavy (non-hydrogen) atoms. The number of morpholine rings is 1. The Morgan fingerprint density at radius 1 is 1.53 bits per heavy atom. The monoisotopic (exact) mass is 326 g/mol. The molecular formula is C14H19BrN2O2. The van der Waals surface area contributed by atoms with Crippen LogP contribution in [-0.2, 0) is 16.1 Å². The van der Waals surface area contributed by atoms with Gasteiger partial charge < -0.3 is 10.1 Å². The number of halogens is 1. The molecule has 104 valence electrons. The van der Waals surface area contributed by atoms with E-state index in [1.54, 1.807) is 7.05 Å². The van der Waals surface area contributed by atoms with Crippen molar-refractivity contribution >= 4 is 21.8 Å². The number of carbonyl (C=O) groups is 1. The molecule has 1 aliphatic heterocycles. The van der Waals surface area contributed by atoms with Crippen LogP contribution in [0.1, 0.15) is 12.5 Å². The van der Waals surface area contributed by atoms with Crippen LogP contribution in [0, 0.1) is 0 Å². The van der Waals surface area contributed by atoms with Gasteiger partial charge in [0.2, 0.25) is 0 Å². The largest absolute Gasteiger partial charge is 0.363 e. The van der Waals surface area contributed by atoms with Crippen molar-refractivity contribution in [2.24, 2.45) is 0 Å². The highest BCUT2D eigenvalue weighted by Gasteiger charge is 2.38. The van der Waals surface area contributed by atoms with Crippen molar-refractivity contribution < 1.29 is 9.53 Å². The standard InChI is InChI=1S/C14H19BrN2O2/c1-14(13(18)16-2)10-17(7-8-19-14)9-11-5-3-4-6-12(11)15/h3-6H,7-10H2,1-2H3,(H,16,18)/t14-/m1/s1. The number of hydrogen-bond acceptors (Lipinski definition) is 3. The van der Waals surface area contributed by atoms with Crippen LogP contribution in [0.25, 0.3) is 0 Å². The quantitative estimate of drug-likeness (QED) is 0.920. The molecule has 1 aromatic carbocycles. The fourth-order valence-corrected chi connectivity index (χ4v) is 2.77. The topological polar surface area (TPSA) is 41.6 Å². The minimum Gasteiger partial charge on any atom is -0.363 e. The van der Waals surface area contributed by atoms with E-state index in [9.17, 15) is 4.79 Å². The Morgan fingerprint density at radius 3 is 2.95 bits per heavy atom. The minimum atomic E-state index is -0.756. The van der Waals surface area contributed by atoms with Crippen LogP contribution in [0.4, 0.5) is 0 Å². The van der Waals surface area contributed by atoms with E-state index in [1.165, 1.54) is 5.56 Å². The third-order valence-electron chi connectivity index (χ3n) is 3.41. The van der Waals surface area contributed by atoms with Gasteiger partial charge in [0.05, 0.1) is 6.61 Å². The highest BCUT2D eigenvalue weighted by molar-refractivity contribution is 9.10. The van der Waals surface area contributed by atoms with E-state index < -0.39 is 5.60 Å². The number of benzene rings is 1. The summed E-state index contributed by atoms with van der Waals surface area (Å²) >= 11 is 3.56. The Kier molecular flexibility index (Phi) is 4.60. The van der Waals surface area contributed by atoms with Gasteiger partial charge in [-0.15, -0.1) is 0 Å². The first-order valence-electron chi connectivity index (χ1n) is 6.37. The van der Waals surface area contributed by atoms with Gasteiger partial charge in [0.15, 0.2) is 5.60 Å². The van der Waals surface area contributed by atoms with E-state index in [1.807, 2.05) is 25.1 Å². The molecule has 0 spiro atoms. The van der Waals surface area contributed by atoms with E-state index in [0.717, 1.165) is 17.6 Å². The molecule has 0 aromatic heterocycles. The lowest BCUT2D eigenvalue weighted by molar-refractivity contribution is -0.156. The van der Waals surface area contributed by atoms with Crippen molar-refractivity contribution in [3.8, 4) is 0 Å². The lowest BCUT2D eigenvalue weighted by atomic mass is 10.0. The lowest BCUT2D eigenvalue weighted by Crippen LogP contribution is -2.57. The Hall–Kier alpha value is -0.910. The van der Waals surface area contributed by atoms with Crippen LogP contribution in [0.15, 0.2) is 28.7 Å². The SMILES string of the molecule is CNC(=O)[C@@]1(C)CN(Cc2ccccc2Br)CCO1. The van der Waals surface area contributed by atoms with Crippen LogP contribution in [0.5, 0.6) is 0 Å². The van der Waals surface area contributed by atoms with Gasteiger partial charge in [0.1, 0.15) is 0 Å². The van der Waals surface area contributed by atoms with Crippen molar-refractivity contribution in [3.05, 3.63) is 34.3 Å². The van der Waals surface area contributed by atoms with Crippen molar-refractivity contribution in [2.75, 3.05) is 26.7 Å². The highest BCUT2D eigenvalue weighted by atomic mass is 79.9. The first-order chi connectivity index (χ1) is 9.05. The zero-order valence-electron chi connectivity index (χ0n) is 11.3. The smallest absolute Gasteiger partial charge is 0.253 e. The van der Waals surface area contributed by atoms with E-state index in [0.29, 0.717) is 13.2 Å². The van der Waals surface area contributed by atoms with Gasteiger partial charge >= 0.3 is 0 Å². The number of likely N-dealkylation sites (N-methyl/N-ethyl adjacent to an activating group) is 1. The van der Waals surface area contributed by atoms with Gasteiger partial charge in [-0.05, 0) is 18.6 Å². The Labute approximate surface area is 122 Å². The van der Waals surface area contributed by atoms with E-state index in [-0.39, 0.29) is 5.91 Å². The average Bonchev–Trinajstić information content (AvgIpc) is 2.40. The number of carbonyl (C=O) groups excluding carboxylic acids is 1. The number of amides is 1. The first-order valence-corrected chi connectivity index (χ1v) is 7.16. The summed E-state index contributed by atoms with van der Waals surface area (Å²) in [6.45, 7) is 4.69. The molecule has 1 atom stereocenters. The van der Waals surface area contributed by atoms with Crippen molar-refractivity contribution in [2.45, 2.75) is 19.1 Å². The molecule has 1 amide bonds. The zero-order chi connectivity index (χ0) is 13.9. The second kappa shape index (κ2) is 6.03. The predicted octanol–water partition coefficient (Wildman–Crippen LogP) is 1.79. The third-order valence-corrected chi connectivity index (χ3v) is 4.19. The molecule has 0 radical (unpaired) electrons. The van der Waals surface area contributed by atoms with Crippen LogP contribution in [0.2, 0.25) is 0 Å². The fourth-order valence-electron chi connectivity index (χ4n) is 2.36. The first kappa shape index (κ1) is 14.5. The summed E-state index contributed by atoms with van der Waals surface area (Å²) in [6.07, 6.45) is 0. The summed E-state index contributed by atoms with van der Waals surface area (Å²) in [5, 5.41) is 2.67. The van der Waals surface area contributed by atoms with Crippen LogP contribution in [0.3, 0.4) is 0 Å². The molecule has 0 bridgehead atoms. The minimum absolute atomic E-state index is 0.0654. The molecule has 1 aromatic rings. The number of nitrogens with one attached hydrogen (secondary N) is 1. The molecule has 1 fully saturated rings. The van der Waals surface area contributed by atoms with Gasteiger partial charge in [-0.2, -0.15) is 0 Å². The molecule has 4 nitrogen and oxygen atoms in total.